The topological polar surface area (TPSA) is 271 Å². The van der Waals surface area contributed by atoms with Crippen molar-refractivity contribution in [3.8, 4) is 11.5 Å². The first-order valence-corrected chi connectivity index (χ1v) is 20.4. The van der Waals surface area contributed by atoms with E-state index in [1.165, 1.54) is 30.5 Å². The first-order valence-electron chi connectivity index (χ1n) is 20.4. The minimum Gasteiger partial charge on any atom is -0.492 e. The zero-order valence-corrected chi connectivity index (χ0v) is 33.2. The number of amidine groups is 1. The van der Waals surface area contributed by atoms with E-state index in [9.17, 15) is 44.7 Å². The van der Waals surface area contributed by atoms with E-state index in [2.05, 4.69) is 15.3 Å². The van der Waals surface area contributed by atoms with Crippen LogP contribution in [0.2, 0.25) is 0 Å². The number of hydrogen-bond acceptors (Lipinski definition) is 15. The second-order valence-electron chi connectivity index (χ2n) is 16.2. The minimum atomic E-state index is -1.88. The SMILES string of the molecule is N=C1N=C2C(=NC[NH+]2c2ccccc2C2C=COC3(CCCCC3)C3OC(Oc4c2cc2c(c4OCC(O)CC=O)C(=O)c4cc(CO)ccc4C2=O)C(O)C(O)C3O)C(=O)N1. The van der Waals surface area contributed by atoms with Gasteiger partial charge in [-0.3, -0.25) is 25.1 Å². The number of nitrogens with one attached hydrogen (secondary N) is 3. The lowest BCUT2D eigenvalue weighted by Gasteiger charge is -2.49. The molecule has 2 aliphatic carbocycles. The Labute approximate surface area is 353 Å². The van der Waals surface area contributed by atoms with Crippen LogP contribution in [0.15, 0.2) is 70.9 Å². The molecule has 4 heterocycles. The third kappa shape index (κ3) is 6.93. The Kier molecular flexibility index (Phi) is 10.9. The number of quaternary nitrogens is 1. The molecule has 1 amide bonds. The molecule has 1 saturated carbocycles. The van der Waals surface area contributed by atoms with Crippen LogP contribution in [0.3, 0.4) is 0 Å². The number of carbonyl (C=O) groups excluding carboxylic acids is 4. The number of amides is 1. The molecule has 18 nitrogen and oxygen atoms in total. The molecule has 0 aromatic heterocycles. The molecule has 1 spiro atoms. The number of nitrogens with zero attached hydrogens (tertiary/aromatic N) is 2. The van der Waals surface area contributed by atoms with E-state index in [1.807, 2.05) is 0 Å². The molecule has 3 aromatic rings. The van der Waals surface area contributed by atoms with Gasteiger partial charge in [0.25, 0.3) is 11.7 Å². The Morgan fingerprint density at radius 3 is 2.53 bits per heavy atom. The standard InChI is InChI=1S/C44H43N5O13/c45-43-47-40-31(41(58)48-43)46-20-49(40)29-7-3-2-6-24(29)23-11-15-60-44(12-4-1-5-13-44)39-35(56)34(55)36(57)42(62-39)61-37-27(23)17-28-30(38(37)59-19-22(52)10-14-50)33(54)26-16-21(18-51)8-9-25(26)32(28)53/h2-3,6-9,11,14-17,22-23,34-36,39,42,51-52,55-57H,1,4-5,10,12-13,18-20H2,(H2,45,48,58)/p+1. The molecule has 18 heteroatoms. The number of aliphatic hydroxyl groups is 5. The first-order chi connectivity index (χ1) is 29.9. The summed E-state index contributed by atoms with van der Waals surface area (Å²) in [6.45, 7) is -0.968. The van der Waals surface area contributed by atoms with E-state index in [0.717, 1.165) is 6.42 Å². The molecule has 6 aliphatic rings. The molecule has 8 unspecified atom stereocenters. The van der Waals surface area contributed by atoms with Gasteiger partial charge in [0.05, 0.1) is 24.5 Å². The molecule has 2 bridgehead atoms. The number of hydrogen-bond donors (Lipinski definition) is 8. The number of allylic oxidation sites excluding steroid dienone is 1. The van der Waals surface area contributed by atoms with Crippen LogP contribution in [0.4, 0.5) is 5.69 Å². The Bertz CT molecular complexity index is 2480. The van der Waals surface area contributed by atoms with E-state index < -0.39 is 79.0 Å². The van der Waals surface area contributed by atoms with Gasteiger partial charge in [-0.25, -0.2) is 9.89 Å². The summed E-state index contributed by atoms with van der Waals surface area (Å²) in [6.07, 6.45) is -3.28. The minimum absolute atomic E-state index is 0.0254. The van der Waals surface area contributed by atoms with Crippen molar-refractivity contribution in [3.63, 3.8) is 0 Å². The highest BCUT2D eigenvalue weighted by atomic mass is 16.7. The molecule has 8 N–H and O–H groups in total. The lowest BCUT2D eigenvalue weighted by molar-refractivity contribution is -0.723. The van der Waals surface area contributed by atoms with Crippen LogP contribution in [-0.4, -0.2) is 122 Å². The summed E-state index contributed by atoms with van der Waals surface area (Å²) in [6, 6.07) is 12.9. The summed E-state index contributed by atoms with van der Waals surface area (Å²) in [7, 11) is 0. The van der Waals surface area contributed by atoms with Crippen LogP contribution < -0.4 is 19.7 Å². The van der Waals surface area contributed by atoms with Crippen LogP contribution >= 0.6 is 0 Å². The number of rotatable bonds is 8. The summed E-state index contributed by atoms with van der Waals surface area (Å²) in [5.74, 6) is -3.61. The van der Waals surface area contributed by atoms with Crippen LogP contribution in [0.1, 0.15) is 93.0 Å². The number of benzene rings is 3. The van der Waals surface area contributed by atoms with Crippen molar-refractivity contribution < 1.29 is 68.6 Å². The van der Waals surface area contributed by atoms with E-state index in [1.54, 1.807) is 30.3 Å². The van der Waals surface area contributed by atoms with Gasteiger partial charge < -0.3 is 49.3 Å². The first kappa shape index (κ1) is 41.4. The maximum absolute atomic E-state index is 14.7. The number of carbonyl (C=O) groups is 4. The Balaban J connectivity index is 1.31. The molecule has 3 aromatic carbocycles. The fourth-order valence-corrected chi connectivity index (χ4v) is 9.33. The summed E-state index contributed by atoms with van der Waals surface area (Å²) in [4.78, 5) is 63.0. The van der Waals surface area contributed by atoms with E-state index >= 15 is 0 Å². The third-order valence-electron chi connectivity index (χ3n) is 12.4. The van der Waals surface area contributed by atoms with Crippen molar-refractivity contribution in [2.24, 2.45) is 9.98 Å². The van der Waals surface area contributed by atoms with Crippen molar-refractivity contribution in [2.45, 2.75) is 93.5 Å². The van der Waals surface area contributed by atoms with E-state index in [4.69, 9.17) is 24.4 Å². The van der Waals surface area contributed by atoms with Gasteiger partial charge in [-0.2, -0.15) is 4.99 Å². The van der Waals surface area contributed by atoms with Gasteiger partial charge in [0.1, 0.15) is 48.6 Å². The van der Waals surface area contributed by atoms with Crippen LogP contribution in [0.5, 0.6) is 11.5 Å². The van der Waals surface area contributed by atoms with Gasteiger partial charge >= 0.3 is 0 Å². The highest BCUT2D eigenvalue weighted by molar-refractivity contribution is 6.68. The summed E-state index contributed by atoms with van der Waals surface area (Å²) in [5, 5.41) is 65.8. The fourth-order valence-electron chi connectivity index (χ4n) is 9.33. The summed E-state index contributed by atoms with van der Waals surface area (Å²) >= 11 is 0. The fraction of sp³-hybridized carbons (Fsp3) is 0.386. The van der Waals surface area contributed by atoms with Gasteiger partial charge in [-0.1, -0.05) is 30.7 Å². The van der Waals surface area contributed by atoms with Crippen LogP contribution in [-0.2, 0) is 25.7 Å². The number of guanidine groups is 1. The van der Waals surface area contributed by atoms with Gasteiger partial charge in [0.2, 0.25) is 18.0 Å². The lowest BCUT2D eigenvalue weighted by Crippen LogP contribution is -3.09. The number of ether oxygens (including phenoxy) is 4. The van der Waals surface area contributed by atoms with Gasteiger partial charge in [-0.15, -0.1) is 0 Å². The number of fused-ring (bicyclic) bond motifs is 7. The van der Waals surface area contributed by atoms with Crippen molar-refractivity contribution in [3.05, 3.63) is 99.8 Å². The zero-order chi connectivity index (χ0) is 43.4. The highest BCUT2D eigenvalue weighted by Gasteiger charge is 2.56. The molecule has 62 heavy (non-hydrogen) atoms. The Morgan fingerprint density at radius 2 is 1.76 bits per heavy atom. The average Bonchev–Trinajstić information content (AvgIpc) is 3.70. The quantitative estimate of drug-likeness (QED) is 0.111. The monoisotopic (exact) mass is 850 g/mol. The second-order valence-corrected chi connectivity index (χ2v) is 16.2. The van der Waals surface area contributed by atoms with E-state index in [0.29, 0.717) is 53.7 Å². The number of aliphatic imine (C=N–C) groups is 2. The maximum atomic E-state index is 14.7. The molecule has 322 valence electrons. The van der Waals surface area contributed by atoms with Crippen molar-refractivity contribution in [1.29, 1.82) is 5.41 Å². The predicted molar refractivity (Wildman–Crippen MR) is 216 cm³/mol. The van der Waals surface area contributed by atoms with Gasteiger partial charge in [0.15, 0.2) is 29.7 Å². The second kappa shape index (κ2) is 16.4. The molecular formula is C44H44N5O13+. The predicted octanol–water partition coefficient (Wildman–Crippen LogP) is 0.240. The number of ketones is 2. The normalized spacial score (nSPS) is 27.8. The smallest absolute Gasteiger partial charge is 0.284 e. The third-order valence-corrected chi connectivity index (χ3v) is 12.4. The van der Waals surface area contributed by atoms with Crippen molar-refractivity contribution in [1.82, 2.24) is 5.32 Å². The molecule has 0 radical (unpaired) electrons. The largest absolute Gasteiger partial charge is 0.492 e. The van der Waals surface area contributed by atoms with E-state index in [-0.39, 0.29) is 69.9 Å². The van der Waals surface area contributed by atoms with Crippen molar-refractivity contribution in [2.75, 3.05) is 13.3 Å². The molecule has 8 atom stereocenters. The number of para-hydroxylation sites is 1. The highest BCUT2D eigenvalue weighted by Crippen LogP contribution is 2.50. The summed E-state index contributed by atoms with van der Waals surface area (Å²) < 4.78 is 26.0. The molecule has 2 fully saturated rings. The average molecular weight is 851 g/mol. The lowest BCUT2D eigenvalue weighted by atomic mass is 9.76. The van der Waals surface area contributed by atoms with Gasteiger partial charge in [0, 0.05) is 40.2 Å². The van der Waals surface area contributed by atoms with Crippen molar-refractivity contribution >= 4 is 47.0 Å². The summed E-state index contributed by atoms with van der Waals surface area (Å²) in [5.41, 5.74) is 0.0547. The van der Waals surface area contributed by atoms with Crippen LogP contribution in [0.25, 0.3) is 0 Å². The Morgan fingerprint density at radius 1 is 0.968 bits per heavy atom. The number of aliphatic hydroxyl groups excluding tert-OH is 5. The molecule has 9 rings (SSSR count). The molecule has 1 saturated heterocycles. The van der Waals surface area contributed by atoms with Crippen LogP contribution in [0, 0.1) is 5.41 Å². The maximum Gasteiger partial charge on any atom is 0.284 e. The molecular weight excluding hydrogens is 807 g/mol. The zero-order valence-electron chi connectivity index (χ0n) is 33.2. The number of aldehydes is 1. The van der Waals surface area contributed by atoms with Gasteiger partial charge in [-0.05, 0) is 61.6 Å². The Hall–Kier alpha value is -5.99. The molecule has 4 aliphatic heterocycles.